The van der Waals surface area contributed by atoms with E-state index >= 15 is 0 Å². The van der Waals surface area contributed by atoms with Crippen molar-refractivity contribution in [3.8, 4) is 16.9 Å². The highest BCUT2D eigenvalue weighted by Gasteiger charge is 2.30. The van der Waals surface area contributed by atoms with Gasteiger partial charge in [-0.15, -0.1) is 6.58 Å². The van der Waals surface area contributed by atoms with E-state index < -0.39 is 0 Å². The molecule has 29 heavy (non-hydrogen) atoms. The summed E-state index contributed by atoms with van der Waals surface area (Å²) in [5.41, 5.74) is 5.15. The maximum atomic E-state index is 12.7. The topological polar surface area (TPSA) is 50.2 Å². The lowest BCUT2D eigenvalue weighted by molar-refractivity contribution is -0.122. The van der Waals surface area contributed by atoms with Crippen LogP contribution in [-0.4, -0.2) is 32.2 Å². The summed E-state index contributed by atoms with van der Waals surface area (Å²) in [4.78, 5) is 14.2. The molecule has 0 bridgehead atoms. The first-order chi connectivity index (χ1) is 14.1. The Bertz CT molecular complexity index is 1110. The minimum Gasteiger partial charge on any atom is -0.328 e. The summed E-state index contributed by atoms with van der Waals surface area (Å²) in [6.07, 6.45) is 5.38. The van der Waals surface area contributed by atoms with Gasteiger partial charge in [-0.1, -0.05) is 54.1 Å². The first-order valence-electron chi connectivity index (χ1n) is 9.24. The zero-order valence-electron chi connectivity index (χ0n) is 16.0. The van der Waals surface area contributed by atoms with Gasteiger partial charge in [0.15, 0.2) is 5.11 Å². The average Bonchev–Trinajstić information content (AvgIpc) is 3.26. The molecule has 0 saturated carbocycles. The number of nitrogens with one attached hydrogen (secondary N) is 1. The van der Waals surface area contributed by atoms with Gasteiger partial charge in [0.2, 0.25) is 0 Å². The van der Waals surface area contributed by atoms with Gasteiger partial charge in [0.1, 0.15) is 11.4 Å². The molecule has 0 spiro atoms. The maximum Gasteiger partial charge on any atom is 0.276 e. The highest BCUT2D eigenvalue weighted by molar-refractivity contribution is 7.80. The van der Waals surface area contributed by atoms with Crippen LogP contribution < -0.4 is 5.32 Å². The summed E-state index contributed by atoms with van der Waals surface area (Å²) < 4.78 is 1.82. The van der Waals surface area contributed by atoms with Crippen LogP contribution in [0.2, 0.25) is 0 Å². The van der Waals surface area contributed by atoms with E-state index in [1.165, 1.54) is 10.5 Å². The Labute approximate surface area is 175 Å². The van der Waals surface area contributed by atoms with Gasteiger partial charge in [-0.2, -0.15) is 5.10 Å². The van der Waals surface area contributed by atoms with Crippen molar-refractivity contribution in [1.29, 1.82) is 0 Å². The Hall–Kier alpha value is -3.51. The zero-order valence-corrected chi connectivity index (χ0v) is 16.8. The fourth-order valence-electron chi connectivity index (χ4n) is 3.16. The molecule has 1 aliphatic heterocycles. The summed E-state index contributed by atoms with van der Waals surface area (Å²) >= 11 is 5.28. The SMILES string of the molecule is C=CCN1C(=O)/C(=C\c2cn(-c3ccccc3)nc2-c2ccc(C)cc2)NC1=S. The molecular formula is C23H20N4OS. The molecule has 0 aliphatic carbocycles. The fraction of sp³-hybridized carbons (Fsp3) is 0.0870. The fourth-order valence-corrected chi connectivity index (χ4v) is 3.43. The molecule has 0 unspecified atom stereocenters. The Balaban J connectivity index is 1.80. The second-order valence-corrected chi connectivity index (χ2v) is 7.16. The van der Waals surface area contributed by atoms with E-state index in [1.807, 2.05) is 72.4 Å². The van der Waals surface area contributed by atoms with E-state index in [4.69, 9.17) is 17.3 Å². The minimum absolute atomic E-state index is 0.169. The normalized spacial score (nSPS) is 15.1. The summed E-state index contributed by atoms with van der Waals surface area (Å²) in [7, 11) is 0. The predicted octanol–water partition coefficient (Wildman–Crippen LogP) is 4.09. The van der Waals surface area contributed by atoms with E-state index in [-0.39, 0.29) is 5.91 Å². The third-order valence-corrected chi connectivity index (χ3v) is 4.98. The number of para-hydroxylation sites is 1. The van der Waals surface area contributed by atoms with Crippen LogP contribution in [0, 0.1) is 6.92 Å². The van der Waals surface area contributed by atoms with Gasteiger partial charge in [0, 0.05) is 23.9 Å². The molecule has 1 amide bonds. The Morgan fingerprint density at radius 1 is 1.14 bits per heavy atom. The van der Waals surface area contributed by atoms with Crippen LogP contribution in [0.15, 0.2) is 79.1 Å². The van der Waals surface area contributed by atoms with Crippen LogP contribution >= 0.6 is 12.2 Å². The van der Waals surface area contributed by atoms with E-state index in [1.54, 1.807) is 12.2 Å². The summed E-state index contributed by atoms with van der Waals surface area (Å²) in [5.74, 6) is -0.169. The van der Waals surface area contributed by atoms with Gasteiger partial charge in [-0.3, -0.25) is 9.69 Å². The van der Waals surface area contributed by atoms with Crippen molar-refractivity contribution in [2.75, 3.05) is 6.54 Å². The van der Waals surface area contributed by atoms with E-state index in [2.05, 4.69) is 11.9 Å². The third-order valence-electron chi connectivity index (χ3n) is 4.66. The summed E-state index contributed by atoms with van der Waals surface area (Å²) in [6, 6.07) is 18.0. The lowest BCUT2D eigenvalue weighted by Crippen LogP contribution is -2.30. The number of aryl methyl sites for hydroxylation is 1. The molecule has 1 saturated heterocycles. The van der Waals surface area contributed by atoms with Crippen LogP contribution in [0.3, 0.4) is 0 Å². The van der Waals surface area contributed by atoms with Crippen molar-refractivity contribution in [3.63, 3.8) is 0 Å². The number of aromatic nitrogens is 2. The zero-order chi connectivity index (χ0) is 20.4. The van der Waals surface area contributed by atoms with Gasteiger partial charge in [-0.05, 0) is 37.4 Å². The third kappa shape index (κ3) is 3.75. The van der Waals surface area contributed by atoms with E-state index in [0.29, 0.717) is 17.4 Å². The van der Waals surface area contributed by atoms with E-state index in [9.17, 15) is 4.79 Å². The second-order valence-electron chi connectivity index (χ2n) is 6.77. The number of thiocarbonyl (C=S) groups is 1. The number of carbonyl (C=O) groups excluding carboxylic acids is 1. The first kappa shape index (κ1) is 18.8. The highest BCUT2D eigenvalue weighted by Crippen LogP contribution is 2.27. The van der Waals surface area contributed by atoms with Crippen LogP contribution in [0.1, 0.15) is 11.1 Å². The molecule has 1 aromatic heterocycles. The molecule has 5 nitrogen and oxygen atoms in total. The second kappa shape index (κ2) is 7.85. The lowest BCUT2D eigenvalue weighted by atomic mass is 10.1. The van der Waals surface area contributed by atoms with Gasteiger partial charge >= 0.3 is 0 Å². The summed E-state index contributed by atoms with van der Waals surface area (Å²) in [5, 5.41) is 8.18. The molecule has 144 valence electrons. The molecule has 6 heteroatoms. The number of nitrogens with zero attached hydrogens (tertiary/aromatic N) is 3. The monoisotopic (exact) mass is 400 g/mol. The number of hydrogen-bond donors (Lipinski definition) is 1. The molecule has 1 aliphatic rings. The van der Waals surface area contributed by atoms with Crippen LogP contribution in [-0.2, 0) is 4.79 Å². The maximum absolute atomic E-state index is 12.7. The highest BCUT2D eigenvalue weighted by atomic mass is 32.1. The van der Waals surface area contributed by atoms with Crippen molar-refractivity contribution in [2.24, 2.45) is 0 Å². The van der Waals surface area contributed by atoms with Crippen molar-refractivity contribution in [2.45, 2.75) is 6.92 Å². The molecule has 0 radical (unpaired) electrons. The van der Waals surface area contributed by atoms with Crippen molar-refractivity contribution >= 4 is 29.3 Å². The molecule has 4 rings (SSSR count). The van der Waals surface area contributed by atoms with Crippen molar-refractivity contribution in [3.05, 3.63) is 90.3 Å². The van der Waals surface area contributed by atoms with Crippen LogP contribution in [0.25, 0.3) is 23.0 Å². The number of benzene rings is 2. The lowest BCUT2D eigenvalue weighted by Gasteiger charge is -2.09. The standard InChI is InChI=1S/C23H20N4OS/c1-3-13-26-22(28)20(24-23(26)29)14-18-15-27(19-7-5-4-6-8-19)25-21(18)17-11-9-16(2)10-12-17/h3-12,14-15H,1,13H2,2H3,(H,24,29)/b20-14+. The Kier molecular flexibility index (Phi) is 5.10. The predicted molar refractivity (Wildman–Crippen MR) is 119 cm³/mol. The number of amides is 1. The van der Waals surface area contributed by atoms with Crippen molar-refractivity contribution < 1.29 is 4.79 Å². The minimum atomic E-state index is -0.169. The van der Waals surface area contributed by atoms with E-state index in [0.717, 1.165) is 22.5 Å². The largest absolute Gasteiger partial charge is 0.328 e. The quantitative estimate of drug-likeness (QED) is 0.398. The average molecular weight is 401 g/mol. The smallest absolute Gasteiger partial charge is 0.276 e. The van der Waals surface area contributed by atoms with Crippen LogP contribution in [0.4, 0.5) is 0 Å². The van der Waals surface area contributed by atoms with Crippen molar-refractivity contribution in [1.82, 2.24) is 20.0 Å². The Morgan fingerprint density at radius 3 is 2.55 bits per heavy atom. The number of hydrogen-bond acceptors (Lipinski definition) is 3. The molecule has 0 atom stereocenters. The molecule has 1 fully saturated rings. The Morgan fingerprint density at radius 2 is 1.86 bits per heavy atom. The molecule has 2 heterocycles. The van der Waals surface area contributed by atoms with Crippen LogP contribution in [0.5, 0.6) is 0 Å². The van der Waals surface area contributed by atoms with Gasteiger partial charge < -0.3 is 5.32 Å². The molecular weight excluding hydrogens is 380 g/mol. The number of carbonyl (C=O) groups is 1. The van der Waals surface area contributed by atoms with Gasteiger partial charge in [-0.25, -0.2) is 4.68 Å². The molecule has 3 aromatic rings. The van der Waals surface area contributed by atoms with Gasteiger partial charge in [0.25, 0.3) is 5.91 Å². The number of rotatable bonds is 5. The van der Waals surface area contributed by atoms with Gasteiger partial charge in [0.05, 0.1) is 5.69 Å². The molecule has 1 N–H and O–H groups in total. The summed E-state index contributed by atoms with van der Waals surface area (Å²) in [6.45, 7) is 6.10. The molecule has 2 aromatic carbocycles. The first-order valence-corrected chi connectivity index (χ1v) is 9.65.